The first-order chi connectivity index (χ1) is 17.0. The largest absolute Gasteiger partial charge is 0.444 e. The van der Waals surface area contributed by atoms with Gasteiger partial charge < -0.3 is 25.1 Å². The van der Waals surface area contributed by atoms with E-state index in [1.54, 1.807) is 72.7 Å². The number of hydrogen-bond acceptors (Lipinski definition) is 6. The SMILES string of the molecule is C[C@@H](C(=O)N[C@H](C(=O)N1C[C@@H](NC(=O)c2ccccc2)C[C@H]1C=O)C(C)(C)C)N(C)C(=O)OC(C)(C)C. The number of ether oxygens (including phenoxy) is 1. The molecule has 10 nitrogen and oxygen atoms in total. The minimum Gasteiger partial charge on any atom is -0.444 e. The highest BCUT2D eigenvalue weighted by atomic mass is 16.6. The Labute approximate surface area is 219 Å². The summed E-state index contributed by atoms with van der Waals surface area (Å²) in [6.07, 6.45) is 0.301. The molecule has 37 heavy (non-hydrogen) atoms. The number of carbonyl (C=O) groups excluding carboxylic acids is 5. The van der Waals surface area contributed by atoms with Crippen LogP contribution in [0.15, 0.2) is 30.3 Å². The molecule has 0 unspecified atom stereocenters. The van der Waals surface area contributed by atoms with Gasteiger partial charge in [0.25, 0.3) is 5.91 Å². The van der Waals surface area contributed by atoms with Crippen molar-refractivity contribution < 1.29 is 28.7 Å². The van der Waals surface area contributed by atoms with E-state index in [0.717, 1.165) is 0 Å². The van der Waals surface area contributed by atoms with Crippen LogP contribution >= 0.6 is 0 Å². The number of likely N-dealkylation sites (tertiary alicyclic amines) is 1. The van der Waals surface area contributed by atoms with Gasteiger partial charge in [-0.1, -0.05) is 39.0 Å². The second kappa shape index (κ2) is 11.7. The third-order valence-electron chi connectivity index (χ3n) is 6.20. The van der Waals surface area contributed by atoms with Crippen LogP contribution in [0.5, 0.6) is 0 Å². The minimum atomic E-state index is -0.972. The molecule has 0 spiro atoms. The number of carbonyl (C=O) groups is 5. The van der Waals surface area contributed by atoms with Crippen LogP contribution in [0, 0.1) is 5.41 Å². The molecule has 0 aromatic heterocycles. The van der Waals surface area contributed by atoms with Crippen LogP contribution in [-0.2, 0) is 19.1 Å². The second-order valence-corrected chi connectivity index (χ2v) is 11.5. The molecule has 1 fully saturated rings. The van der Waals surface area contributed by atoms with Gasteiger partial charge in [0.15, 0.2) is 0 Å². The molecule has 0 radical (unpaired) electrons. The van der Waals surface area contributed by atoms with E-state index in [0.29, 0.717) is 11.8 Å². The number of likely N-dealkylation sites (N-methyl/N-ethyl adjacent to an activating group) is 1. The number of aldehydes is 1. The van der Waals surface area contributed by atoms with Gasteiger partial charge in [-0.3, -0.25) is 19.3 Å². The average Bonchev–Trinajstić information content (AvgIpc) is 3.22. The Kier molecular flexibility index (Phi) is 9.46. The highest BCUT2D eigenvalue weighted by Gasteiger charge is 2.43. The average molecular weight is 517 g/mol. The second-order valence-electron chi connectivity index (χ2n) is 11.5. The predicted octanol–water partition coefficient (Wildman–Crippen LogP) is 2.37. The Morgan fingerprint density at radius 2 is 1.68 bits per heavy atom. The van der Waals surface area contributed by atoms with Crippen LogP contribution in [0.4, 0.5) is 4.79 Å². The molecule has 0 bridgehead atoms. The molecular formula is C27H40N4O6. The van der Waals surface area contributed by atoms with E-state index in [4.69, 9.17) is 4.74 Å². The van der Waals surface area contributed by atoms with E-state index in [2.05, 4.69) is 10.6 Å². The van der Waals surface area contributed by atoms with Crippen LogP contribution in [0.2, 0.25) is 0 Å². The molecule has 204 valence electrons. The first-order valence-electron chi connectivity index (χ1n) is 12.4. The van der Waals surface area contributed by atoms with Crippen molar-refractivity contribution in [2.24, 2.45) is 5.41 Å². The van der Waals surface area contributed by atoms with Crippen molar-refractivity contribution in [3.05, 3.63) is 35.9 Å². The van der Waals surface area contributed by atoms with E-state index < -0.39 is 53.1 Å². The van der Waals surface area contributed by atoms with Crippen molar-refractivity contribution in [2.75, 3.05) is 13.6 Å². The van der Waals surface area contributed by atoms with Crippen LogP contribution in [0.25, 0.3) is 0 Å². The van der Waals surface area contributed by atoms with Crippen molar-refractivity contribution in [1.82, 2.24) is 20.4 Å². The molecule has 4 atom stereocenters. The normalized spacial score (nSPS) is 19.4. The summed E-state index contributed by atoms with van der Waals surface area (Å²) < 4.78 is 5.33. The van der Waals surface area contributed by atoms with Crippen LogP contribution in [-0.4, -0.2) is 83.3 Å². The van der Waals surface area contributed by atoms with Gasteiger partial charge >= 0.3 is 6.09 Å². The maximum Gasteiger partial charge on any atom is 0.410 e. The Bertz CT molecular complexity index is 998. The van der Waals surface area contributed by atoms with Gasteiger partial charge in [-0.2, -0.15) is 0 Å². The van der Waals surface area contributed by atoms with Crippen molar-refractivity contribution in [2.45, 2.75) is 84.7 Å². The minimum absolute atomic E-state index is 0.136. The molecule has 1 aliphatic rings. The number of nitrogens with one attached hydrogen (secondary N) is 2. The first kappa shape index (κ1) is 29.8. The summed E-state index contributed by atoms with van der Waals surface area (Å²) in [4.78, 5) is 66.2. The highest BCUT2D eigenvalue weighted by Crippen LogP contribution is 2.26. The summed E-state index contributed by atoms with van der Waals surface area (Å²) in [6.45, 7) is 12.3. The predicted molar refractivity (Wildman–Crippen MR) is 139 cm³/mol. The zero-order chi connectivity index (χ0) is 28.1. The van der Waals surface area contributed by atoms with Crippen LogP contribution < -0.4 is 10.6 Å². The van der Waals surface area contributed by atoms with Gasteiger partial charge in [-0.25, -0.2) is 4.79 Å². The zero-order valence-electron chi connectivity index (χ0n) is 23.0. The van der Waals surface area contributed by atoms with Crippen molar-refractivity contribution in [3.8, 4) is 0 Å². The fraction of sp³-hybridized carbons (Fsp3) is 0.593. The van der Waals surface area contributed by atoms with E-state index in [9.17, 15) is 24.0 Å². The molecule has 1 aromatic rings. The van der Waals surface area contributed by atoms with Gasteiger partial charge in [0.05, 0.1) is 6.04 Å². The summed E-state index contributed by atoms with van der Waals surface area (Å²) >= 11 is 0. The summed E-state index contributed by atoms with van der Waals surface area (Å²) in [5.41, 5.74) is -0.939. The first-order valence-corrected chi connectivity index (χ1v) is 12.4. The molecule has 2 rings (SSSR count). The van der Waals surface area contributed by atoms with Gasteiger partial charge in [0.1, 0.15) is 24.0 Å². The lowest BCUT2D eigenvalue weighted by molar-refractivity contribution is -0.142. The molecule has 1 heterocycles. The van der Waals surface area contributed by atoms with Gasteiger partial charge in [-0.05, 0) is 51.7 Å². The molecule has 0 saturated carbocycles. The fourth-order valence-corrected chi connectivity index (χ4v) is 3.96. The summed E-state index contributed by atoms with van der Waals surface area (Å²) in [7, 11) is 1.45. The lowest BCUT2D eigenvalue weighted by Crippen LogP contribution is -2.59. The smallest absolute Gasteiger partial charge is 0.410 e. The van der Waals surface area contributed by atoms with Crippen molar-refractivity contribution >= 4 is 30.1 Å². The lowest BCUT2D eigenvalue weighted by atomic mass is 9.85. The lowest BCUT2D eigenvalue weighted by Gasteiger charge is -2.36. The monoisotopic (exact) mass is 516 g/mol. The number of amides is 4. The van der Waals surface area contributed by atoms with E-state index in [1.165, 1.54) is 16.8 Å². The molecule has 1 saturated heterocycles. The molecule has 10 heteroatoms. The van der Waals surface area contributed by atoms with Crippen molar-refractivity contribution in [1.29, 1.82) is 0 Å². The Morgan fingerprint density at radius 1 is 1.08 bits per heavy atom. The number of hydrogen-bond donors (Lipinski definition) is 2. The van der Waals surface area contributed by atoms with Gasteiger partial charge in [0.2, 0.25) is 11.8 Å². The molecule has 1 aromatic carbocycles. The Morgan fingerprint density at radius 3 is 2.19 bits per heavy atom. The highest BCUT2D eigenvalue weighted by molar-refractivity contribution is 5.95. The zero-order valence-corrected chi connectivity index (χ0v) is 23.0. The third-order valence-corrected chi connectivity index (χ3v) is 6.20. The molecule has 2 N–H and O–H groups in total. The quantitative estimate of drug-likeness (QED) is 0.536. The number of nitrogens with zero attached hydrogens (tertiary/aromatic N) is 2. The van der Waals surface area contributed by atoms with Gasteiger partial charge in [-0.15, -0.1) is 0 Å². The van der Waals surface area contributed by atoms with E-state index in [-0.39, 0.29) is 18.9 Å². The maximum atomic E-state index is 13.6. The van der Waals surface area contributed by atoms with Gasteiger partial charge in [0, 0.05) is 25.2 Å². The Hall–Kier alpha value is -3.43. The number of benzene rings is 1. The van der Waals surface area contributed by atoms with E-state index in [1.807, 2.05) is 6.07 Å². The summed E-state index contributed by atoms with van der Waals surface area (Å²) in [5, 5.41) is 5.67. The molecule has 1 aliphatic heterocycles. The standard InChI is InChI=1S/C27H40N4O6/c1-17(30(8)25(36)37-27(5,6)7)22(33)29-21(26(2,3)4)24(35)31-15-19(14-20(31)16-32)28-23(34)18-12-10-9-11-13-18/h9-13,16-17,19-21H,14-15H2,1-8H3,(H,28,34)(H,29,33)/t17-,19-,20-,21+/m0/s1. The summed E-state index contributed by atoms with van der Waals surface area (Å²) in [6, 6.07) is 5.65. The topological polar surface area (TPSA) is 125 Å². The van der Waals surface area contributed by atoms with Crippen LogP contribution in [0.3, 0.4) is 0 Å². The number of rotatable bonds is 7. The van der Waals surface area contributed by atoms with Crippen LogP contribution in [0.1, 0.15) is 65.2 Å². The maximum absolute atomic E-state index is 13.6. The summed E-state index contributed by atoms with van der Waals surface area (Å²) in [5.74, 6) is -1.25. The fourth-order valence-electron chi connectivity index (χ4n) is 3.96. The molecular weight excluding hydrogens is 476 g/mol. The van der Waals surface area contributed by atoms with Crippen molar-refractivity contribution in [3.63, 3.8) is 0 Å². The molecule has 4 amide bonds. The third kappa shape index (κ3) is 8.03. The van der Waals surface area contributed by atoms with E-state index >= 15 is 0 Å². The Balaban J connectivity index is 2.14. The molecule has 0 aliphatic carbocycles.